The van der Waals surface area contributed by atoms with E-state index in [4.69, 9.17) is 9.47 Å². The first-order chi connectivity index (χ1) is 8.97. The molecule has 2 saturated heterocycles. The van der Waals surface area contributed by atoms with E-state index < -0.39 is 0 Å². The van der Waals surface area contributed by atoms with Gasteiger partial charge in [-0.1, -0.05) is 25.2 Å². The number of carbonyl (C=O) groups excluding carboxylic acids is 2. The molecule has 0 unspecified atom stereocenters. The van der Waals surface area contributed by atoms with E-state index in [-0.39, 0.29) is 29.9 Å². The van der Waals surface area contributed by atoms with Gasteiger partial charge in [0.25, 0.3) is 0 Å². The minimum atomic E-state index is -0.283. The normalized spacial score (nSPS) is 31.6. The molecule has 2 heterocycles. The minimum absolute atomic E-state index is 0.00316. The Balaban J connectivity index is 1.82. The van der Waals surface area contributed by atoms with Crippen molar-refractivity contribution in [2.45, 2.75) is 39.2 Å². The Morgan fingerprint density at radius 1 is 1.47 bits per heavy atom. The van der Waals surface area contributed by atoms with Gasteiger partial charge in [0.2, 0.25) is 0 Å². The van der Waals surface area contributed by atoms with Crippen LogP contribution in [0, 0.1) is 11.8 Å². The van der Waals surface area contributed by atoms with Gasteiger partial charge in [-0.3, -0.25) is 4.79 Å². The van der Waals surface area contributed by atoms with Crippen molar-refractivity contribution < 1.29 is 19.1 Å². The third-order valence-corrected chi connectivity index (χ3v) is 3.77. The number of carbonyl (C=O) groups is 2. The van der Waals surface area contributed by atoms with Crippen LogP contribution in [0.5, 0.6) is 0 Å². The summed E-state index contributed by atoms with van der Waals surface area (Å²) in [5, 5.41) is 0. The largest absolute Gasteiger partial charge is 0.462 e. The Morgan fingerprint density at radius 2 is 2.21 bits per heavy atom. The number of hydrogen-bond donors (Lipinski definition) is 0. The summed E-state index contributed by atoms with van der Waals surface area (Å²) in [5.74, 6) is -0.276. The molecule has 0 spiro atoms. The number of rotatable bonds is 4. The molecule has 104 valence electrons. The zero-order valence-electron chi connectivity index (χ0n) is 11.5. The van der Waals surface area contributed by atoms with Crippen LogP contribution in [-0.2, 0) is 19.1 Å². The fourth-order valence-electron chi connectivity index (χ4n) is 2.48. The molecule has 0 radical (unpaired) electrons. The van der Waals surface area contributed by atoms with Crippen LogP contribution in [0.4, 0.5) is 0 Å². The van der Waals surface area contributed by atoms with Crippen LogP contribution in [-0.4, -0.2) is 24.6 Å². The molecule has 0 amide bonds. The Bertz CT molecular complexity index is 435. The predicted octanol–water partition coefficient (Wildman–Crippen LogP) is 2.39. The summed E-state index contributed by atoms with van der Waals surface area (Å²) < 4.78 is 10.2. The number of hydrogen-bond acceptors (Lipinski definition) is 4. The number of cyclic esters (lactones) is 2. The lowest BCUT2D eigenvalue weighted by Gasteiger charge is -2.10. The zero-order chi connectivity index (χ0) is 14.0. The summed E-state index contributed by atoms with van der Waals surface area (Å²) >= 11 is 0. The van der Waals surface area contributed by atoms with Crippen LogP contribution < -0.4 is 0 Å². The van der Waals surface area contributed by atoms with Crippen molar-refractivity contribution in [3.8, 4) is 0 Å². The molecule has 4 heteroatoms. The van der Waals surface area contributed by atoms with Crippen molar-refractivity contribution in [2.75, 3.05) is 6.61 Å². The van der Waals surface area contributed by atoms with Crippen molar-refractivity contribution >= 4 is 11.9 Å². The molecule has 4 nitrogen and oxygen atoms in total. The van der Waals surface area contributed by atoms with E-state index in [1.165, 1.54) is 5.57 Å². The summed E-state index contributed by atoms with van der Waals surface area (Å²) in [4.78, 5) is 22.5. The Kier molecular flexibility index (Phi) is 4.08. The molecular weight excluding hydrogens is 244 g/mol. The Morgan fingerprint density at radius 3 is 2.74 bits per heavy atom. The van der Waals surface area contributed by atoms with Crippen LogP contribution in [0.1, 0.15) is 33.1 Å². The van der Waals surface area contributed by atoms with Crippen LogP contribution in [0.3, 0.4) is 0 Å². The summed E-state index contributed by atoms with van der Waals surface area (Å²) in [5.41, 5.74) is 1.74. The molecule has 2 aliphatic rings. The SMILES string of the molecule is C=C1C(=O)OC[C@@H]1C/C=C(\C)C[C@@H]1C[C@H](C)C(=O)O1. The van der Waals surface area contributed by atoms with E-state index >= 15 is 0 Å². The second-order valence-electron chi connectivity index (χ2n) is 5.51. The average Bonchev–Trinajstić information content (AvgIpc) is 2.82. The van der Waals surface area contributed by atoms with Gasteiger partial charge in [0, 0.05) is 17.9 Å². The van der Waals surface area contributed by atoms with Crippen LogP contribution in [0.2, 0.25) is 0 Å². The highest BCUT2D eigenvalue weighted by Crippen LogP contribution is 2.27. The maximum atomic E-state index is 11.3. The molecule has 2 fully saturated rings. The maximum absolute atomic E-state index is 11.3. The van der Waals surface area contributed by atoms with E-state index in [9.17, 15) is 9.59 Å². The van der Waals surface area contributed by atoms with E-state index in [1.54, 1.807) is 0 Å². The van der Waals surface area contributed by atoms with Gasteiger partial charge in [0.15, 0.2) is 0 Å². The molecule has 0 aromatic rings. The zero-order valence-corrected chi connectivity index (χ0v) is 11.5. The molecule has 0 bridgehead atoms. The third-order valence-electron chi connectivity index (χ3n) is 3.77. The molecule has 0 aliphatic carbocycles. The Labute approximate surface area is 113 Å². The Hall–Kier alpha value is -1.58. The number of ether oxygens (including phenoxy) is 2. The molecular formula is C15H20O4. The van der Waals surface area contributed by atoms with E-state index in [2.05, 4.69) is 12.7 Å². The van der Waals surface area contributed by atoms with Crippen LogP contribution >= 0.6 is 0 Å². The summed E-state index contributed by atoms with van der Waals surface area (Å²) in [7, 11) is 0. The molecule has 3 atom stereocenters. The van der Waals surface area contributed by atoms with Gasteiger partial charge in [-0.15, -0.1) is 0 Å². The third kappa shape index (κ3) is 3.25. The van der Waals surface area contributed by atoms with Gasteiger partial charge in [-0.05, 0) is 19.8 Å². The van der Waals surface area contributed by atoms with Gasteiger partial charge in [-0.2, -0.15) is 0 Å². The highest BCUT2D eigenvalue weighted by atomic mass is 16.6. The molecule has 19 heavy (non-hydrogen) atoms. The molecule has 0 aromatic heterocycles. The maximum Gasteiger partial charge on any atom is 0.333 e. The van der Waals surface area contributed by atoms with Gasteiger partial charge < -0.3 is 9.47 Å². The smallest absolute Gasteiger partial charge is 0.333 e. The van der Waals surface area contributed by atoms with Crippen molar-refractivity contribution in [3.05, 3.63) is 23.8 Å². The fraction of sp³-hybridized carbons (Fsp3) is 0.600. The summed E-state index contributed by atoms with van der Waals surface area (Å²) in [6.07, 6.45) is 4.41. The molecule has 0 saturated carbocycles. The first kappa shape index (κ1) is 13.8. The summed E-state index contributed by atoms with van der Waals surface area (Å²) in [6.45, 7) is 8.09. The van der Waals surface area contributed by atoms with E-state index in [0.29, 0.717) is 12.2 Å². The lowest BCUT2D eigenvalue weighted by Crippen LogP contribution is -2.07. The van der Waals surface area contributed by atoms with Crippen molar-refractivity contribution in [2.24, 2.45) is 11.8 Å². The average molecular weight is 264 g/mol. The van der Waals surface area contributed by atoms with Crippen molar-refractivity contribution in [1.82, 2.24) is 0 Å². The lowest BCUT2D eigenvalue weighted by atomic mass is 9.96. The van der Waals surface area contributed by atoms with Crippen LogP contribution in [0.15, 0.2) is 23.8 Å². The standard InChI is InChI=1S/C15H20O4/c1-9(6-13-7-10(2)14(16)19-13)4-5-12-8-18-15(17)11(12)3/h4,10,12-13H,3,5-8H2,1-2H3/b9-4+/t10-,12-,13+/m0/s1. The first-order valence-electron chi connectivity index (χ1n) is 6.69. The minimum Gasteiger partial charge on any atom is -0.462 e. The number of allylic oxidation sites excluding steroid dienone is 1. The van der Waals surface area contributed by atoms with E-state index in [1.807, 2.05) is 13.8 Å². The second kappa shape index (κ2) is 5.59. The van der Waals surface area contributed by atoms with Crippen LogP contribution in [0.25, 0.3) is 0 Å². The first-order valence-corrected chi connectivity index (χ1v) is 6.69. The topological polar surface area (TPSA) is 52.6 Å². The van der Waals surface area contributed by atoms with Gasteiger partial charge in [0.1, 0.15) is 6.10 Å². The molecule has 2 aliphatic heterocycles. The van der Waals surface area contributed by atoms with Crippen molar-refractivity contribution in [1.29, 1.82) is 0 Å². The number of esters is 2. The van der Waals surface area contributed by atoms with Gasteiger partial charge in [-0.25, -0.2) is 4.79 Å². The molecule has 0 N–H and O–H groups in total. The quantitative estimate of drug-likeness (QED) is 0.444. The monoisotopic (exact) mass is 264 g/mol. The van der Waals surface area contributed by atoms with Gasteiger partial charge in [0.05, 0.1) is 12.5 Å². The highest BCUT2D eigenvalue weighted by Gasteiger charge is 2.31. The molecule has 0 aromatic carbocycles. The summed E-state index contributed by atoms with van der Waals surface area (Å²) in [6, 6.07) is 0. The predicted molar refractivity (Wildman–Crippen MR) is 70.2 cm³/mol. The molecule has 2 rings (SSSR count). The van der Waals surface area contributed by atoms with Gasteiger partial charge >= 0.3 is 11.9 Å². The lowest BCUT2D eigenvalue weighted by molar-refractivity contribution is -0.143. The highest BCUT2D eigenvalue weighted by molar-refractivity contribution is 5.90. The van der Waals surface area contributed by atoms with E-state index in [0.717, 1.165) is 19.3 Å². The fourth-order valence-corrected chi connectivity index (χ4v) is 2.48. The van der Waals surface area contributed by atoms with Crippen molar-refractivity contribution in [3.63, 3.8) is 0 Å². The second-order valence-corrected chi connectivity index (χ2v) is 5.51.